The number of benzene rings is 1. The predicted octanol–water partition coefficient (Wildman–Crippen LogP) is 2.55. The van der Waals surface area contributed by atoms with Gasteiger partial charge in [-0.1, -0.05) is 24.3 Å². The van der Waals surface area contributed by atoms with Crippen molar-refractivity contribution in [3.8, 4) is 5.75 Å². The molecule has 32 heavy (non-hydrogen) atoms. The van der Waals surface area contributed by atoms with E-state index >= 15 is 0 Å². The third-order valence-electron chi connectivity index (χ3n) is 5.55. The summed E-state index contributed by atoms with van der Waals surface area (Å²) in [5, 5.41) is 12.0. The number of piperazine rings is 1. The second-order valence-electron chi connectivity index (χ2n) is 7.61. The molecule has 172 valence electrons. The van der Waals surface area contributed by atoms with Gasteiger partial charge in [-0.25, -0.2) is 0 Å². The summed E-state index contributed by atoms with van der Waals surface area (Å²) in [4.78, 5) is 9.26. The number of aliphatic imine (C=N–C) groups is 1. The zero-order valence-corrected chi connectivity index (χ0v) is 20.9. The van der Waals surface area contributed by atoms with Crippen LogP contribution in [0.15, 0.2) is 59.7 Å². The van der Waals surface area contributed by atoms with Crippen molar-refractivity contribution in [3.63, 3.8) is 0 Å². The van der Waals surface area contributed by atoms with Crippen molar-refractivity contribution >= 4 is 35.6 Å². The topological polar surface area (TPSA) is 70.3 Å². The lowest BCUT2D eigenvalue weighted by Gasteiger charge is -2.36. The number of guanidine groups is 1. The van der Waals surface area contributed by atoms with Crippen molar-refractivity contribution in [1.82, 2.24) is 29.7 Å². The minimum atomic E-state index is 0. The Morgan fingerprint density at radius 3 is 2.59 bits per heavy atom. The van der Waals surface area contributed by atoms with Crippen LogP contribution >= 0.6 is 24.0 Å². The van der Waals surface area contributed by atoms with E-state index in [1.54, 1.807) is 0 Å². The van der Waals surface area contributed by atoms with E-state index in [9.17, 15) is 0 Å². The van der Waals surface area contributed by atoms with Crippen LogP contribution in [-0.4, -0.2) is 83.3 Å². The number of nitrogens with zero attached hydrogens (tertiary/aromatic N) is 6. The summed E-state index contributed by atoms with van der Waals surface area (Å²) in [5.74, 6) is 2.91. The van der Waals surface area contributed by atoms with Crippen molar-refractivity contribution in [3.05, 3.63) is 60.6 Å². The first-order valence-electron chi connectivity index (χ1n) is 11.0. The summed E-state index contributed by atoms with van der Waals surface area (Å²) >= 11 is 0. The average molecular weight is 549 g/mol. The number of hydrogen-bond donors (Lipinski definition) is 1. The van der Waals surface area contributed by atoms with Crippen LogP contribution in [0.4, 0.5) is 0 Å². The quantitative estimate of drug-likeness (QED) is 0.202. The second kappa shape index (κ2) is 12.6. The fraction of sp³-hybridized carbons (Fsp3) is 0.435. The second-order valence-corrected chi connectivity index (χ2v) is 7.61. The third kappa shape index (κ3) is 6.55. The number of hydrogen-bond acceptors (Lipinski definition) is 5. The Labute approximate surface area is 206 Å². The van der Waals surface area contributed by atoms with E-state index in [0.717, 1.165) is 75.3 Å². The number of pyridine rings is 1. The molecule has 0 saturated carbocycles. The van der Waals surface area contributed by atoms with Crippen LogP contribution in [0.5, 0.6) is 5.75 Å². The molecule has 0 aliphatic carbocycles. The molecule has 1 aromatic carbocycles. The molecule has 1 aliphatic rings. The largest absolute Gasteiger partial charge is 0.492 e. The van der Waals surface area contributed by atoms with E-state index in [4.69, 9.17) is 4.74 Å². The first-order chi connectivity index (χ1) is 15.3. The molecule has 1 N–H and O–H groups in total. The maximum absolute atomic E-state index is 5.82. The van der Waals surface area contributed by atoms with Gasteiger partial charge < -0.3 is 15.0 Å². The molecule has 1 saturated heterocycles. The van der Waals surface area contributed by atoms with Crippen molar-refractivity contribution in [1.29, 1.82) is 0 Å². The van der Waals surface area contributed by atoms with Crippen molar-refractivity contribution in [2.75, 3.05) is 52.9 Å². The fourth-order valence-electron chi connectivity index (χ4n) is 3.83. The summed E-state index contributed by atoms with van der Waals surface area (Å²) in [7, 11) is 1.86. The van der Waals surface area contributed by atoms with Crippen LogP contribution < -0.4 is 10.1 Å². The van der Waals surface area contributed by atoms with Gasteiger partial charge in [-0.05, 0) is 30.7 Å². The van der Waals surface area contributed by atoms with Crippen LogP contribution in [0.1, 0.15) is 12.2 Å². The number of para-hydroxylation sites is 1. The van der Waals surface area contributed by atoms with E-state index in [2.05, 4.69) is 34.7 Å². The minimum absolute atomic E-state index is 0. The number of halogens is 1. The summed E-state index contributed by atoms with van der Waals surface area (Å²) in [6.45, 7) is 6.50. The van der Waals surface area contributed by atoms with Crippen molar-refractivity contribution in [2.24, 2.45) is 4.99 Å². The molecule has 0 bridgehead atoms. The van der Waals surface area contributed by atoms with Crippen LogP contribution in [0, 0.1) is 0 Å². The van der Waals surface area contributed by atoms with Gasteiger partial charge in [0.2, 0.25) is 0 Å². The highest BCUT2D eigenvalue weighted by Gasteiger charge is 2.19. The molecule has 0 spiro atoms. The SMILES string of the molecule is CN=C(NCCCc1nnc2ccccn12)N1CCN(CCOc2ccccc2)CC1.I. The fourth-order valence-corrected chi connectivity index (χ4v) is 3.83. The minimum Gasteiger partial charge on any atom is -0.492 e. The van der Waals surface area contributed by atoms with Gasteiger partial charge in [-0.3, -0.25) is 14.3 Å². The van der Waals surface area contributed by atoms with Crippen LogP contribution in [0.25, 0.3) is 5.65 Å². The van der Waals surface area contributed by atoms with Crippen LogP contribution in [-0.2, 0) is 6.42 Å². The van der Waals surface area contributed by atoms with Gasteiger partial charge in [-0.15, -0.1) is 34.2 Å². The number of rotatable bonds is 8. The molecular weight excluding hydrogens is 517 g/mol. The monoisotopic (exact) mass is 549 g/mol. The Morgan fingerprint density at radius 2 is 1.81 bits per heavy atom. The number of fused-ring (bicyclic) bond motifs is 1. The number of ether oxygens (including phenoxy) is 1. The van der Waals surface area contributed by atoms with Gasteiger partial charge in [-0.2, -0.15) is 0 Å². The predicted molar refractivity (Wildman–Crippen MR) is 138 cm³/mol. The normalized spacial score (nSPS) is 14.9. The van der Waals surface area contributed by atoms with Gasteiger partial charge in [0.15, 0.2) is 11.6 Å². The molecule has 3 heterocycles. The Morgan fingerprint density at radius 1 is 1.03 bits per heavy atom. The maximum Gasteiger partial charge on any atom is 0.193 e. The molecule has 3 aromatic rings. The van der Waals surface area contributed by atoms with Gasteiger partial charge in [0.1, 0.15) is 18.2 Å². The van der Waals surface area contributed by atoms with E-state index in [1.807, 2.05) is 61.8 Å². The summed E-state index contributed by atoms with van der Waals surface area (Å²) in [6, 6.07) is 16.0. The van der Waals surface area contributed by atoms with Crippen LogP contribution in [0.2, 0.25) is 0 Å². The molecule has 9 heteroatoms. The Kier molecular flexibility index (Phi) is 9.54. The van der Waals surface area contributed by atoms with E-state index in [0.29, 0.717) is 6.61 Å². The lowest BCUT2D eigenvalue weighted by molar-refractivity contribution is 0.152. The molecule has 2 aromatic heterocycles. The Hall–Kier alpha value is -2.40. The third-order valence-corrected chi connectivity index (χ3v) is 5.55. The Bertz CT molecular complexity index is 971. The van der Waals surface area contributed by atoms with E-state index in [1.165, 1.54) is 0 Å². The molecule has 0 unspecified atom stereocenters. The molecular formula is C23H32IN7O. The van der Waals surface area contributed by atoms with E-state index in [-0.39, 0.29) is 24.0 Å². The summed E-state index contributed by atoms with van der Waals surface area (Å²) < 4.78 is 7.88. The van der Waals surface area contributed by atoms with Crippen LogP contribution in [0.3, 0.4) is 0 Å². The standard InChI is InChI=1S/C23H31N7O.HI/c1-24-23(25-12-7-11-22-27-26-21-10-5-6-13-30(21)22)29-16-14-28(15-17-29)18-19-31-20-8-3-2-4-9-20;/h2-6,8-10,13H,7,11-12,14-19H2,1H3,(H,24,25);1H. The lowest BCUT2D eigenvalue weighted by Crippen LogP contribution is -2.53. The lowest BCUT2D eigenvalue weighted by atomic mass is 10.3. The first-order valence-corrected chi connectivity index (χ1v) is 11.0. The maximum atomic E-state index is 5.82. The van der Waals surface area contributed by atoms with Gasteiger partial charge >= 0.3 is 0 Å². The number of aryl methyl sites for hydroxylation is 1. The zero-order chi connectivity index (χ0) is 21.3. The molecule has 4 rings (SSSR count). The summed E-state index contributed by atoms with van der Waals surface area (Å²) in [5.41, 5.74) is 0.897. The first kappa shape index (κ1) is 24.2. The summed E-state index contributed by atoms with van der Waals surface area (Å²) in [6.07, 6.45) is 3.87. The van der Waals surface area contributed by atoms with Gasteiger partial charge in [0, 0.05) is 58.9 Å². The zero-order valence-electron chi connectivity index (χ0n) is 18.6. The molecule has 8 nitrogen and oxygen atoms in total. The smallest absolute Gasteiger partial charge is 0.193 e. The molecule has 0 amide bonds. The van der Waals surface area contributed by atoms with E-state index < -0.39 is 0 Å². The Balaban J connectivity index is 0.00000289. The number of nitrogens with one attached hydrogen (secondary N) is 1. The molecule has 1 aliphatic heterocycles. The van der Waals surface area contributed by atoms with Gasteiger partial charge in [0.25, 0.3) is 0 Å². The molecule has 0 atom stereocenters. The highest BCUT2D eigenvalue weighted by molar-refractivity contribution is 14.0. The van der Waals surface area contributed by atoms with Gasteiger partial charge in [0.05, 0.1) is 0 Å². The molecule has 0 radical (unpaired) electrons. The average Bonchev–Trinajstić information content (AvgIpc) is 3.24. The highest BCUT2D eigenvalue weighted by Crippen LogP contribution is 2.09. The van der Waals surface area contributed by atoms with Crippen molar-refractivity contribution < 1.29 is 4.74 Å². The number of aromatic nitrogens is 3. The highest BCUT2D eigenvalue weighted by atomic mass is 127. The van der Waals surface area contributed by atoms with Crippen molar-refractivity contribution in [2.45, 2.75) is 12.8 Å². The molecule has 1 fully saturated rings.